The summed E-state index contributed by atoms with van der Waals surface area (Å²) in [5, 5.41) is 1.07. The Morgan fingerprint density at radius 2 is 1.62 bits per heavy atom. The first-order valence-electron chi connectivity index (χ1n) is 7.99. The van der Waals surface area contributed by atoms with Crippen LogP contribution in [-0.2, 0) is 0 Å². The molecule has 0 saturated heterocycles. The number of hydrogen-bond donors (Lipinski definition) is 0. The van der Waals surface area contributed by atoms with Gasteiger partial charge in [-0.05, 0) is 35.7 Å². The van der Waals surface area contributed by atoms with Gasteiger partial charge in [-0.2, -0.15) is 0 Å². The molecule has 0 fully saturated rings. The molecule has 1 nitrogen and oxygen atoms in total. The van der Waals surface area contributed by atoms with Crippen LogP contribution in [0.5, 0.6) is 0 Å². The van der Waals surface area contributed by atoms with E-state index in [9.17, 15) is 0 Å². The summed E-state index contributed by atoms with van der Waals surface area (Å²) in [7, 11) is 0. The number of nitrogens with zero attached hydrogens (tertiary/aromatic N) is 1. The van der Waals surface area contributed by atoms with Crippen molar-refractivity contribution in [3.63, 3.8) is 0 Å². The zero-order valence-corrected chi connectivity index (χ0v) is 14.3. The molecule has 4 aromatic rings. The molecule has 24 heavy (non-hydrogen) atoms. The van der Waals surface area contributed by atoms with Gasteiger partial charge in [-0.3, -0.25) is 0 Å². The highest BCUT2D eigenvalue weighted by Crippen LogP contribution is 2.33. The summed E-state index contributed by atoms with van der Waals surface area (Å²) in [6.45, 7) is 2.11. The van der Waals surface area contributed by atoms with Gasteiger partial charge in [0.2, 0.25) is 0 Å². The van der Waals surface area contributed by atoms with Crippen molar-refractivity contribution < 1.29 is 0 Å². The van der Waals surface area contributed by atoms with E-state index < -0.39 is 0 Å². The average Bonchev–Trinajstić information content (AvgIpc) is 3.04. The number of rotatable bonds is 3. The molecule has 0 radical (unpaired) electrons. The molecule has 0 aliphatic carbocycles. The summed E-state index contributed by atoms with van der Waals surface area (Å²) in [6, 6.07) is 25.3. The van der Waals surface area contributed by atoms with Crippen molar-refractivity contribution in [2.75, 3.05) is 0 Å². The van der Waals surface area contributed by atoms with Gasteiger partial charge in [0.1, 0.15) is 5.01 Å². The van der Waals surface area contributed by atoms with Gasteiger partial charge >= 0.3 is 0 Å². The van der Waals surface area contributed by atoms with Crippen LogP contribution in [0.15, 0.2) is 72.8 Å². The van der Waals surface area contributed by atoms with Gasteiger partial charge in [0.05, 0.1) is 10.2 Å². The fourth-order valence-corrected chi connectivity index (χ4v) is 3.73. The van der Waals surface area contributed by atoms with E-state index in [2.05, 4.69) is 85.8 Å². The second kappa shape index (κ2) is 6.42. The molecular weight excluding hydrogens is 310 g/mol. The second-order valence-electron chi connectivity index (χ2n) is 5.82. The quantitative estimate of drug-likeness (QED) is 0.394. The van der Waals surface area contributed by atoms with Crippen molar-refractivity contribution in [1.29, 1.82) is 0 Å². The normalized spacial score (nSPS) is 11.4. The lowest BCUT2D eigenvalue weighted by Crippen LogP contribution is -1.82. The molecule has 0 amide bonds. The maximum atomic E-state index is 4.84. The fourth-order valence-electron chi connectivity index (χ4n) is 2.74. The van der Waals surface area contributed by atoms with E-state index in [1.807, 2.05) is 6.07 Å². The highest BCUT2D eigenvalue weighted by Gasteiger charge is 2.09. The molecular formula is C22H17NS. The van der Waals surface area contributed by atoms with E-state index >= 15 is 0 Å². The molecule has 0 unspecified atom stereocenters. The summed E-state index contributed by atoms with van der Waals surface area (Å²) in [4.78, 5) is 4.84. The van der Waals surface area contributed by atoms with Crippen LogP contribution in [0.4, 0.5) is 0 Å². The van der Waals surface area contributed by atoms with E-state index in [4.69, 9.17) is 4.98 Å². The molecule has 1 heterocycles. The van der Waals surface area contributed by atoms with Gasteiger partial charge in [-0.25, -0.2) is 4.98 Å². The maximum absolute atomic E-state index is 4.84. The molecule has 0 saturated carbocycles. The Bertz CT molecular complexity index is 1010. The monoisotopic (exact) mass is 327 g/mol. The fraction of sp³-hybridized carbons (Fsp3) is 0.0455. The largest absolute Gasteiger partial charge is 0.236 e. The average molecular weight is 327 g/mol. The lowest BCUT2D eigenvalue weighted by atomic mass is 10.1. The minimum atomic E-state index is 1.07. The van der Waals surface area contributed by atoms with Crippen LogP contribution in [0.3, 0.4) is 0 Å². The Morgan fingerprint density at radius 1 is 0.833 bits per heavy atom. The summed E-state index contributed by atoms with van der Waals surface area (Å²) in [5.41, 5.74) is 5.90. The molecule has 4 rings (SSSR count). The zero-order chi connectivity index (χ0) is 16.4. The van der Waals surface area contributed by atoms with Gasteiger partial charge in [0.15, 0.2) is 0 Å². The topological polar surface area (TPSA) is 12.9 Å². The van der Waals surface area contributed by atoms with E-state index in [0.717, 1.165) is 10.5 Å². The Hall–Kier alpha value is -2.71. The Labute approximate surface area is 145 Å². The number of aryl methyl sites for hydroxylation is 1. The maximum Gasteiger partial charge on any atom is 0.125 e. The predicted molar refractivity (Wildman–Crippen MR) is 105 cm³/mol. The third-order valence-electron chi connectivity index (χ3n) is 3.99. The molecule has 2 heteroatoms. The van der Waals surface area contributed by atoms with E-state index in [1.165, 1.54) is 27.0 Å². The second-order valence-corrected chi connectivity index (χ2v) is 6.85. The smallest absolute Gasteiger partial charge is 0.125 e. The van der Waals surface area contributed by atoms with E-state index in [0.29, 0.717) is 0 Å². The minimum Gasteiger partial charge on any atom is -0.236 e. The van der Waals surface area contributed by atoms with Crippen LogP contribution in [0.25, 0.3) is 32.9 Å². The molecule has 3 aromatic carbocycles. The summed E-state index contributed by atoms with van der Waals surface area (Å²) in [5.74, 6) is 0. The van der Waals surface area contributed by atoms with E-state index in [1.54, 1.807) is 11.3 Å². The van der Waals surface area contributed by atoms with Crippen molar-refractivity contribution in [2.24, 2.45) is 0 Å². The van der Waals surface area contributed by atoms with Crippen LogP contribution in [0.2, 0.25) is 0 Å². The van der Waals surface area contributed by atoms with Gasteiger partial charge in [-0.1, -0.05) is 72.8 Å². The number of benzene rings is 3. The van der Waals surface area contributed by atoms with Crippen molar-refractivity contribution in [3.05, 3.63) is 89.5 Å². The molecule has 116 valence electrons. The van der Waals surface area contributed by atoms with Crippen LogP contribution >= 0.6 is 11.3 Å². The number of hydrogen-bond acceptors (Lipinski definition) is 2. The van der Waals surface area contributed by atoms with Crippen molar-refractivity contribution >= 4 is 33.7 Å². The number of aromatic nitrogens is 1. The minimum absolute atomic E-state index is 1.07. The van der Waals surface area contributed by atoms with Crippen molar-refractivity contribution in [1.82, 2.24) is 4.98 Å². The lowest BCUT2D eigenvalue weighted by molar-refractivity contribution is 1.44. The van der Waals surface area contributed by atoms with Gasteiger partial charge < -0.3 is 0 Å². The number of thiazole rings is 1. The van der Waals surface area contributed by atoms with Crippen molar-refractivity contribution in [3.8, 4) is 10.6 Å². The Kier molecular flexibility index (Phi) is 3.97. The standard InChI is InChI=1S/C22H17NS/c1-16-11-14-21-20(15-16)23-22(24-21)19-10-6-5-9-18(19)13-12-17-7-3-2-4-8-17/h2-15H,1H3. The van der Waals surface area contributed by atoms with Gasteiger partial charge in [0, 0.05) is 5.56 Å². The molecule has 1 aromatic heterocycles. The number of fused-ring (bicyclic) bond motifs is 1. The first-order chi connectivity index (χ1) is 11.8. The third kappa shape index (κ3) is 3.01. The Balaban J connectivity index is 1.76. The summed E-state index contributed by atoms with van der Waals surface area (Å²) < 4.78 is 1.23. The lowest BCUT2D eigenvalue weighted by Gasteiger charge is -2.02. The van der Waals surface area contributed by atoms with Crippen LogP contribution in [0, 0.1) is 6.92 Å². The molecule has 0 bridgehead atoms. The first kappa shape index (κ1) is 14.9. The summed E-state index contributed by atoms with van der Waals surface area (Å²) >= 11 is 1.75. The first-order valence-corrected chi connectivity index (χ1v) is 8.81. The highest BCUT2D eigenvalue weighted by molar-refractivity contribution is 7.21. The van der Waals surface area contributed by atoms with Gasteiger partial charge in [0.25, 0.3) is 0 Å². The SMILES string of the molecule is Cc1ccc2sc(-c3ccccc3C=Cc3ccccc3)nc2c1. The summed E-state index contributed by atoms with van der Waals surface area (Å²) in [6.07, 6.45) is 4.32. The van der Waals surface area contributed by atoms with Gasteiger partial charge in [-0.15, -0.1) is 11.3 Å². The molecule has 0 aliphatic heterocycles. The zero-order valence-electron chi connectivity index (χ0n) is 13.4. The molecule has 0 N–H and O–H groups in total. The Morgan fingerprint density at radius 3 is 2.50 bits per heavy atom. The van der Waals surface area contributed by atoms with Crippen molar-refractivity contribution in [2.45, 2.75) is 6.92 Å². The van der Waals surface area contributed by atoms with Crippen LogP contribution in [-0.4, -0.2) is 4.98 Å². The van der Waals surface area contributed by atoms with Crippen LogP contribution in [0.1, 0.15) is 16.7 Å². The van der Waals surface area contributed by atoms with E-state index in [-0.39, 0.29) is 0 Å². The molecule has 0 atom stereocenters. The molecule has 0 aliphatic rings. The van der Waals surface area contributed by atoms with Crippen LogP contribution < -0.4 is 0 Å². The predicted octanol–water partition coefficient (Wildman–Crippen LogP) is 6.44. The highest BCUT2D eigenvalue weighted by atomic mass is 32.1. The third-order valence-corrected chi connectivity index (χ3v) is 5.06. The molecule has 0 spiro atoms.